The quantitative estimate of drug-likeness (QED) is 0.624. The van der Waals surface area contributed by atoms with Gasteiger partial charge in [0.2, 0.25) is 10.0 Å². The molecule has 1 aliphatic heterocycles. The van der Waals surface area contributed by atoms with Crippen molar-refractivity contribution < 1.29 is 8.42 Å². The van der Waals surface area contributed by atoms with Gasteiger partial charge in [-0.05, 0) is 62.2 Å². The van der Waals surface area contributed by atoms with Crippen molar-refractivity contribution in [2.45, 2.75) is 44.3 Å². The van der Waals surface area contributed by atoms with Gasteiger partial charge in [-0.2, -0.15) is 0 Å². The van der Waals surface area contributed by atoms with Crippen molar-refractivity contribution in [2.75, 3.05) is 13.1 Å². The molecule has 1 aliphatic rings. The second-order valence-corrected chi connectivity index (χ2v) is 10.1. The zero-order valence-electron chi connectivity index (χ0n) is 16.4. The van der Waals surface area contributed by atoms with E-state index in [1.165, 1.54) is 18.4 Å². The number of rotatable bonds is 7. The summed E-state index contributed by atoms with van der Waals surface area (Å²) in [5.74, 6) is 0. The molecule has 1 aromatic heterocycles. The highest BCUT2D eigenvalue weighted by Gasteiger charge is 2.17. The summed E-state index contributed by atoms with van der Waals surface area (Å²) < 4.78 is 30.6. The second-order valence-electron chi connectivity index (χ2n) is 7.37. The van der Waals surface area contributed by atoms with E-state index in [4.69, 9.17) is 0 Å². The molecule has 0 saturated carbocycles. The Morgan fingerprint density at radius 1 is 1.07 bits per heavy atom. The maximum absolute atomic E-state index is 12.8. The molecule has 0 aliphatic carbocycles. The van der Waals surface area contributed by atoms with Gasteiger partial charge >= 0.3 is 4.87 Å². The molecule has 8 heteroatoms. The number of sulfonamides is 1. The predicted molar refractivity (Wildman–Crippen MR) is 117 cm³/mol. The highest BCUT2D eigenvalue weighted by molar-refractivity contribution is 7.89. The summed E-state index contributed by atoms with van der Waals surface area (Å²) in [6, 6.07) is 12.9. The van der Waals surface area contributed by atoms with Crippen molar-refractivity contribution >= 4 is 31.6 Å². The van der Waals surface area contributed by atoms with Crippen molar-refractivity contribution in [1.82, 2.24) is 14.2 Å². The number of aromatic nitrogens is 1. The van der Waals surface area contributed by atoms with E-state index in [1.54, 1.807) is 22.8 Å². The molecule has 29 heavy (non-hydrogen) atoms. The molecule has 0 atom stereocenters. The van der Waals surface area contributed by atoms with Gasteiger partial charge in [0.25, 0.3) is 0 Å². The minimum absolute atomic E-state index is 0.0696. The van der Waals surface area contributed by atoms with Crippen molar-refractivity contribution in [2.24, 2.45) is 0 Å². The van der Waals surface area contributed by atoms with Crippen molar-refractivity contribution in [3.8, 4) is 0 Å². The van der Waals surface area contributed by atoms with Gasteiger partial charge < -0.3 is 0 Å². The first kappa shape index (κ1) is 20.3. The monoisotopic (exact) mass is 431 g/mol. The molecule has 1 saturated heterocycles. The van der Waals surface area contributed by atoms with Crippen LogP contribution < -0.4 is 9.60 Å². The molecule has 0 spiro atoms. The Bertz CT molecular complexity index is 1180. The Labute approximate surface area is 174 Å². The van der Waals surface area contributed by atoms with Crippen LogP contribution in [-0.2, 0) is 29.7 Å². The van der Waals surface area contributed by atoms with E-state index < -0.39 is 10.0 Å². The van der Waals surface area contributed by atoms with Crippen molar-refractivity contribution in [1.29, 1.82) is 0 Å². The highest BCUT2D eigenvalue weighted by Crippen LogP contribution is 2.22. The number of likely N-dealkylation sites (tertiary alicyclic amines) is 1. The lowest BCUT2D eigenvalue weighted by Gasteiger charge is -2.15. The molecule has 154 valence electrons. The number of thiazole rings is 1. The van der Waals surface area contributed by atoms with Gasteiger partial charge in [-0.15, -0.1) is 0 Å². The number of benzene rings is 2. The molecule has 6 nitrogen and oxygen atoms in total. The third kappa shape index (κ3) is 4.45. The zero-order valence-corrected chi connectivity index (χ0v) is 18.1. The predicted octanol–water partition coefficient (Wildman–Crippen LogP) is 3.16. The summed E-state index contributed by atoms with van der Waals surface area (Å²) in [6.45, 7) is 5.87. The molecular formula is C21H25N3O3S2. The van der Waals surface area contributed by atoms with Gasteiger partial charge in [-0.25, -0.2) is 13.1 Å². The summed E-state index contributed by atoms with van der Waals surface area (Å²) in [4.78, 5) is 14.5. The number of nitrogens with zero attached hydrogens (tertiary/aromatic N) is 2. The smallest absolute Gasteiger partial charge is 0.299 e. The van der Waals surface area contributed by atoms with Gasteiger partial charge in [0.1, 0.15) is 0 Å². The Balaban J connectivity index is 1.49. The molecule has 0 unspecified atom stereocenters. The topological polar surface area (TPSA) is 71.4 Å². The normalized spacial score (nSPS) is 15.3. The number of aryl methyl sites for hydroxylation is 1. The number of fused-ring (bicyclic) bond motifs is 1. The van der Waals surface area contributed by atoms with Gasteiger partial charge in [0.15, 0.2) is 0 Å². The molecule has 0 amide bonds. The van der Waals surface area contributed by atoms with Gasteiger partial charge in [-0.1, -0.05) is 35.6 Å². The van der Waals surface area contributed by atoms with Crippen molar-refractivity contribution in [3.05, 3.63) is 63.3 Å². The lowest BCUT2D eigenvalue weighted by Crippen LogP contribution is -2.23. The van der Waals surface area contributed by atoms with Gasteiger partial charge in [0.05, 0.1) is 15.1 Å². The molecule has 1 N–H and O–H groups in total. The molecule has 4 rings (SSSR count). The first-order valence-corrected chi connectivity index (χ1v) is 12.2. The SMILES string of the molecule is CCn1c(=O)sc2cc(S(=O)(=O)NCc3cccc(CN4CCCC4)c3)ccc21. The molecular weight excluding hydrogens is 406 g/mol. The van der Waals surface area contributed by atoms with E-state index in [0.717, 1.165) is 42.1 Å². The summed E-state index contributed by atoms with van der Waals surface area (Å²) in [5.41, 5.74) is 2.92. The van der Waals surface area contributed by atoms with Crippen LogP contribution >= 0.6 is 11.3 Å². The Morgan fingerprint density at radius 3 is 2.59 bits per heavy atom. The molecule has 2 aromatic carbocycles. The maximum atomic E-state index is 12.8. The van der Waals surface area contributed by atoms with Crippen LogP contribution in [0, 0.1) is 0 Å². The van der Waals surface area contributed by atoms with Crippen LogP contribution in [-0.4, -0.2) is 31.0 Å². The van der Waals surface area contributed by atoms with Crippen molar-refractivity contribution in [3.63, 3.8) is 0 Å². The third-order valence-electron chi connectivity index (χ3n) is 5.33. The number of hydrogen-bond acceptors (Lipinski definition) is 5. The molecule has 0 radical (unpaired) electrons. The fourth-order valence-corrected chi connectivity index (χ4v) is 5.92. The Hall–Kier alpha value is -2.00. The average Bonchev–Trinajstić information content (AvgIpc) is 3.32. The standard InChI is InChI=1S/C21H25N3O3S2/c1-2-24-19-9-8-18(13-20(19)28-21(24)25)29(26,27)22-14-16-6-5-7-17(12-16)15-23-10-3-4-11-23/h5-9,12-13,22H,2-4,10-11,14-15H2,1H3. The van der Waals surface area contributed by atoms with Gasteiger partial charge in [-0.3, -0.25) is 14.3 Å². The fraction of sp³-hybridized carbons (Fsp3) is 0.381. The lowest BCUT2D eigenvalue weighted by atomic mass is 10.1. The first-order valence-electron chi connectivity index (χ1n) is 9.89. The summed E-state index contributed by atoms with van der Waals surface area (Å²) >= 11 is 1.08. The van der Waals surface area contributed by atoms with E-state index >= 15 is 0 Å². The Morgan fingerprint density at radius 2 is 1.83 bits per heavy atom. The third-order valence-corrected chi connectivity index (χ3v) is 7.67. The Kier molecular flexibility index (Phi) is 5.87. The summed E-state index contributed by atoms with van der Waals surface area (Å²) in [6.07, 6.45) is 2.50. The molecule has 1 fully saturated rings. The van der Waals surface area contributed by atoms with Crippen LogP contribution in [0.5, 0.6) is 0 Å². The second kappa shape index (κ2) is 8.39. The van der Waals surface area contributed by atoms with Crippen LogP contribution in [0.15, 0.2) is 52.2 Å². The average molecular weight is 432 g/mol. The summed E-state index contributed by atoms with van der Waals surface area (Å²) in [7, 11) is -3.66. The maximum Gasteiger partial charge on any atom is 0.308 e. The van der Waals surface area contributed by atoms with E-state index in [1.807, 2.05) is 19.1 Å². The number of hydrogen-bond donors (Lipinski definition) is 1. The van der Waals surface area contributed by atoms with E-state index in [2.05, 4.69) is 21.8 Å². The molecule has 3 aromatic rings. The van der Waals surface area contributed by atoms with Crippen LogP contribution in [0.25, 0.3) is 10.2 Å². The fourth-order valence-electron chi connectivity index (χ4n) is 3.81. The molecule has 2 heterocycles. The minimum Gasteiger partial charge on any atom is -0.299 e. The highest BCUT2D eigenvalue weighted by atomic mass is 32.2. The van der Waals surface area contributed by atoms with Crippen LogP contribution in [0.1, 0.15) is 30.9 Å². The lowest BCUT2D eigenvalue weighted by molar-refractivity contribution is 0.331. The van der Waals surface area contributed by atoms with Crippen LogP contribution in [0.4, 0.5) is 0 Å². The molecule has 0 bridgehead atoms. The van der Waals surface area contributed by atoms with Crippen LogP contribution in [0.3, 0.4) is 0 Å². The first-order chi connectivity index (χ1) is 14.0. The van der Waals surface area contributed by atoms with Crippen LogP contribution in [0.2, 0.25) is 0 Å². The number of nitrogens with one attached hydrogen (secondary N) is 1. The van der Waals surface area contributed by atoms with E-state index in [0.29, 0.717) is 11.2 Å². The van der Waals surface area contributed by atoms with E-state index in [-0.39, 0.29) is 16.3 Å². The zero-order chi connectivity index (χ0) is 20.4. The summed E-state index contributed by atoms with van der Waals surface area (Å²) in [5, 5.41) is 0. The minimum atomic E-state index is -3.66. The van der Waals surface area contributed by atoms with E-state index in [9.17, 15) is 13.2 Å². The van der Waals surface area contributed by atoms with Gasteiger partial charge in [0, 0.05) is 19.6 Å². The largest absolute Gasteiger partial charge is 0.308 e.